The molecule has 1 rings (SSSR count). The molecule has 3 heteroatoms. The molecule has 0 aliphatic heterocycles. The predicted molar refractivity (Wildman–Crippen MR) is 50.8 cm³/mol. The molecule has 0 fully saturated rings. The van der Waals surface area contributed by atoms with E-state index in [4.69, 9.17) is 17.2 Å². The lowest BCUT2D eigenvalue weighted by atomic mass is 10.2. The second-order valence-corrected chi connectivity index (χ2v) is 2.58. The summed E-state index contributed by atoms with van der Waals surface area (Å²) in [5.41, 5.74) is 17.8. The van der Waals surface area contributed by atoms with Gasteiger partial charge in [0.05, 0.1) is 6.17 Å². The molecule has 0 aliphatic rings. The van der Waals surface area contributed by atoms with Gasteiger partial charge in [0.15, 0.2) is 0 Å². The molecule has 64 valence electrons. The number of nitrogens with two attached hydrogens (primary N) is 3. The zero-order valence-corrected chi connectivity index (χ0v) is 6.77. The van der Waals surface area contributed by atoms with Gasteiger partial charge in [0.2, 0.25) is 0 Å². The van der Waals surface area contributed by atoms with Crippen LogP contribution >= 0.6 is 0 Å². The topological polar surface area (TPSA) is 78.1 Å². The Balaban J connectivity index is 2.81. The zero-order valence-electron chi connectivity index (χ0n) is 6.77. The minimum absolute atomic E-state index is 0.487. The van der Waals surface area contributed by atoms with E-state index in [1.807, 2.05) is 30.3 Å². The van der Waals surface area contributed by atoms with Crippen LogP contribution in [0.15, 0.2) is 36.0 Å². The van der Waals surface area contributed by atoms with Crippen LogP contribution in [-0.4, -0.2) is 6.17 Å². The summed E-state index contributed by atoms with van der Waals surface area (Å²) in [6.07, 6.45) is 1.19. The van der Waals surface area contributed by atoms with E-state index in [9.17, 15) is 0 Å². The fourth-order valence-corrected chi connectivity index (χ4v) is 0.838. The Morgan fingerprint density at radius 2 is 1.75 bits per heavy atom. The molecule has 0 aliphatic carbocycles. The molecule has 0 radical (unpaired) electrons. The first-order chi connectivity index (χ1) is 5.70. The van der Waals surface area contributed by atoms with E-state index in [0.717, 1.165) is 5.56 Å². The average molecular weight is 163 g/mol. The lowest BCUT2D eigenvalue weighted by molar-refractivity contribution is 0.812. The molecule has 0 aromatic heterocycles. The van der Waals surface area contributed by atoms with E-state index in [1.54, 1.807) is 6.08 Å². The van der Waals surface area contributed by atoms with E-state index < -0.39 is 6.17 Å². The number of hydrogen-bond acceptors (Lipinski definition) is 3. The van der Waals surface area contributed by atoms with Crippen LogP contribution in [0, 0.1) is 0 Å². The van der Waals surface area contributed by atoms with Gasteiger partial charge in [-0.25, -0.2) is 0 Å². The maximum Gasteiger partial charge on any atom is 0.0932 e. The van der Waals surface area contributed by atoms with Crippen molar-refractivity contribution >= 4 is 6.08 Å². The Morgan fingerprint density at radius 1 is 1.17 bits per heavy atom. The smallest absolute Gasteiger partial charge is 0.0932 e. The summed E-state index contributed by atoms with van der Waals surface area (Å²) >= 11 is 0. The van der Waals surface area contributed by atoms with Gasteiger partial charge < -0.3 is 17.2 Å². The monoisotopic (exact) mass is 163 g/mol. The van der Waals surface area contributed by atoms with Gasteiger partial charge >= 0.3 is 0 Å². The lowest BCUT2D eigenvalue weighted by Gasteiger charge is -2.04. The van der Waals surface area contributed by atoms with Crippen LogP contribution < -0.4 is 17.2 Å². The largest absolute Gasteiger partial charge is 0.400 e. The molecule has 3 nitrogen and oxygen atoms in total. The minimum atomic E-state index is -0.579. The van der Waals surface area contributed by atoms with Crippen LogP contribution in [0.2, 0.25) is 0 Å². The fourth-order valence-electron chi connectivity index (χ4n) is 0.838. The Bertz CT molecular complexity index is 264. The highest BCUT2D eigenvalue weighted by Crippen LogP contribution is 2.02. The highest BCUT2D eigenvalue weighted by molar-refractivity contribution is 5.52. The molecule has 0 saturated heterocycles. The Morgan fingerprint density at radius 3 is 2.25 bits per heavy atom. The maximum absolute atomic E-state index is 5.56. The van der Waals surface area contributed by atoms with Gasteiger partial charge in [0, 0.05) is 5.70 Å². The Labute approximate surface area is 71.9 Å². The molecule has 1 aromatic rings. The minimum Gasteiger partial charge on any atom is -0.400 e. The molecule has 6 N–H and O–H groups in total. The van der Waals surface area contributed by atoms with E-state index in [1.165, 1.54) is 0 Å². The van der Waals surface area contributed by atoms with Crippen molar-refractivity contribution in [3.63, 3.8) is 0 Å². The highest BCUT2D eigenvalue weighted by Gasteiger charge is 1.96. The van der Waals surface area contributed by atoms with Crippen LogP contribution in [0.4, 0.5) is 0 Å². The summed E-state index contributed by atoms with van der Waals surface area (Å²) < 4.78 is 0. The van der Waals surface area contributed by atoms with Crippen molar-refractivity contribution in [2.45, 2.75) is 6.17 Å². The summed E-state index contributed by atoms with van der Waals surface area (Å²) in [7, 11) is 0. The average Bonchev–Trinajstić information content (AvgIpc) is 2.06. The molecule has 0 saturated carbocycles. The number of hydrogen-bond donors (Lipinski definition) is 3. The molecule has 0 spiro atoms. The van der Waals surface area contributed by atoms with E-state index in [0.29, 0.717) is 5.70 Å². The first kappa shape index (κ1) is 8.77. The van der Waals surface area contributed by atoms with Gasteiger partial charge in [0.1, 0.15) is 0 Å². The van der Waals surface area contributed by atoms with Crippen molar-refractivity contribution in [2.24, 2.45) is 17.2 Å². The summed E-state index contributed by atoms with van der Waals surface area (Å²) in [6.45, 7) is 0. The van der Waals surface area contributed by atoms with Crippen molar-refractivity contribution in [3.05, 3.63) is 41.6 Å². The van der Waals surface area contributed by atoms with E-state index in [-0.39, 0.29) is 0 Å². The Hall–Kier alpha value is -1.32. The van der Waals surface area contributed by atoms with Gasteiger partial charge in [-0.3, -0.25) is 0 Å². The molecule has 0 bridgehead atoms. The first-order valence-corrected chi connectivity index (χ1v) is 3.73. The third-order valence-corrected chi connectivity index (χ3v) is 1.52. The van der Waals surface area contributed by atoms with Gasteiger partial charge in [-0.05, 0) is 11.6 Å². The van der Waals surface area contributed by atoms with Crippen LogP contribution in [0.5, 0.6) is 0 Å². The van der Waals surface area contributed by atoms with Crippen molar-refractivity contribution in [3.8, 4) is 0 Å². The van der Waals surface area contributed by atoms with Crippen molar-refractivity contribution in [1.29, 1.82) is 0 Å². The molecular weight excluding hydrogens is 150 g/mol. The van der Waals surface area contributed by atoms with Gasteiger partial charge in [-0.1, -0.05) is 30.3 Å². The van der Waals surface area contributed by atoms with Crippen molar-refractivity contribution < 1.29 is 0 Å². The van der Waals surface area contributed by atoms with Crippen molar-refractivity contribution in [2.75, 3.05) is 0 Å². The van der Waals surface area contributed by atoms with Crippen LogP contribution in [0.25, 0.3) is 6.08 Å². The predicted octanol–water partition coefficient (Wildman–Crippen LogP) is 0.230. The number of benzene rings is 1. The fraction of sp³-hybridized carbons (Fsp3) is 0.111. The van der Waals surface area contributed by atoms with Crippen LogP contribution in [0.1, 0.15) is 5.56 Å². The van der Waals surface area contributed by atoms with Crippen molar-refractivity contribution in [1.82, 2.24) is 0 Å². The zero-order chi connectivity index (χ0) is 8.97. The van der Waals surface area contributed by atoms with Gasteiger partial charge in [-0.15, -0.1) is 0 Å². The Kier molecular flexibility index (Phi) is 2.85. The molecule has 0 atom stereocenters. The number of rotatable bonds is 2. The third-order valence-electron chi connectivity index (χ3n) is 1.52. The third kappa shape index (κ3) is 2.38. The standard InChI is InChI=1S/C9H13N3/c10-8(9(11)12)6-7-4-2-1-3-5-7/h1-6,9H,10-12H2. The van der Waals surface area contributed by atoms with Crippen LogP contribution in [-0.2, 0) is 0 Å². The highest BCUT2D eigenvalue weighted by atomic mass is 14.9. The molecular formula is C9H13N3. The van der Waals surface area contributed by atoms with Crippen LogP contribution in [0.3, 0.4) is 0 Å². The van der Waals surface area contributed by atoms with E-state index in [2.05, 4.69) is 0 Å². The lowest BCUT2D eigenvalue weighted by Crippen LogP contribution is -2.36. The quantitative estimate of drug-likeness (QED) is 0.546. The van der Waals surface area contributed by atoms with Gasteiger partial charge in [0.25, 0.3) is 0 Å². The first-order valence-electron chi connectivity index (χ1n) is 3.73. The molecule has 12 heavy (non-hydrogen) atoms. The molecule has 0 amide bonds. The summed E-state index contributed by atoms with van der Waals surface area (Å²) in [4.78, 5) is 0. The SMILES string of the molecule is NC(=Cc1ccccc1)C(N)N. The molecule has 1 aromatic carbocycles. The van der Waals surface area contributed by atoms with Gasteiger partial charge in [-0.2, -0.15) is 0 Å². The molecule has 0 unspecified atom stereocenters. The second-order valence-electron chi connectivity index (χ2n) is 2.58. The summed E-state index contributed by atoms with van der Waals surface area (Å²) in [6, 6.07) is 9.68. The molecule has 0 heterocycles. The summed E-state index contributed by atoms with van der Waals surface area (Å²) in [5.74, 6) is 0. The normalized spacial score (nSPS) is 12.1. The second kappa shape index (κ2) is 3.90. The summed E-state index contributed by atoms with van der Waals surface area (Å²) in [5, 5.41) is 0. The van der Waals surface area contributed by atoms with E-state index >= 15 is 0 Å². The maximum atomic E-state index is 5.56.